The minimum absolute atomic E-state index is 0.0132. The third kappa shape index (κ3) is 9.93. The van der Waals surface area contributed by atoms with E-state index >= 15 is 0 Å². The van der Waals surface area contributed by atoms with Crippen molar-refractivity contribution in [3.05, 3.63) is 179 Å². The number of hydrogen-bond donors (Lipinski definition) is 0. The van der Waals surface area contributed by atoms with E-state index in [1.165, 1.54) is 39.0 Å². The lowest BCUT2D eigenvalue weighted by Crippen LogP contribution is -2.29. The summed E-state index contributed by atoms with van der Waals surface area (Å²) in [6.45, 7) is 26.8. The van der Waals surface area contributed by atoms with Gasteiger partial charge in [-0.1, -0.05) is 156 Å². The maximum Gasteiger partial charge on any atom is 0.137 e. The molecule has 5 nitrogen and oxygen atoms in total. The summed E-state index contributed by atoms with van der Waals surface area (Å²) in [5.74, 6) is 1.70. The molecule has 5 heteroatoms. The fraction of sp³-hybridized carbons (Fsp3) is 0.359. The third-order valence-electron chi connectivity index (χ3n) is 14.1. The van der Waals surface area contributed by atoms with Crippen LogP contribution in [0, 0.1) is 6.85 Å². The van der Waals surface area contributed by atoms with Crippen LogP contribution in [0.15, 0.2) is 140 Å². The van der Waals surface area contributed by atoms with E-state index in [0.717, 1.165) is 75.3 Å². The second kappa shape index (κ2) is 18.2. The van der Waals surface area contributed by atoms with Gasteiger partial charge >= 0.3 is 0 Å². The lowest BCUT2D eigenvalue weighted by Gasteiger charge is -2.27. The lowest BCUT2D eigenvalue weighted by molar-refractivity contribution is 0.306. The number of pyridine rings is 1. The SMILES string of the molecule is [2H]C([2H])([2H])c1cccc(-c2cc(C(C)(C)C)cc(C(C)(C)C)c2)c1CCCCN1CN(c2cc(COc3ccc4c5ccccc5n(-c5cc(C(C)(C)C)ccn5)c4c3)cc(C(C)(C)C)c2)c2ccccc21. The molecule has 0 amide bonds. The molecule has 0 fully saturated rings. The van der Waals surface area contributed by atoms with E-state index in [-0.39, 0.29) is 21.7 Å². The molecule has 1 aliphatic heterocycles. The maximum atomic E-state index is 8.61. The van der Waals surface area contributed by atoms with Gasteiger partial charge in [-0.05, 0) is 152 Å². The molecule has 0 unspecified atom stereocenters. The molecule has 0 radical (unpaired) electrons. The highest BCUT2D eigenvalue weighted by Crippen LogP contribution is 2.43. The van der Waals surface area contributed by atoms with Crippen molar-refractivity contribution < 1.29 is 8.85 Å². The molecule has 356 valence electrons. The van der Waals surface area contributed by atoms with E-state index in [2.05, 4.69) is 219 Å². The van der Waals surface area contributed by atoms with Crippen LogP contribution in [0.5, 0.6) is 5.75 Å². The number of aromatic nitrogens is 2. The number of nitrogens with zero attached hydrogens (tertiary/aromatic N) is 4. The highest BCUT2D eigenvalue weighted by atomic mass is 16.5. The van der Waals surface area contributed by atoms with Crippen molar-refractivity contribution >= 4 is 38.9 Å². The average molecular weight is 918 g/mol. The van der Waals surface area contributed by atoms with Crippen molar-refractivity contribution in [1.82, 2.24) is 9.55 Å². The Hall–Kier alpha value is -6.33. The van der Waals surface area contributed by atoms with Crippen LogP contribution in [0.2, 0.25) is 0 Å². The van der Waals surface area contributed by atoms with Crippen LogP contribution in [-0.4, -0.2) is 22.8 Å². The van der Waals surface area contributed by atoms with Crippen LogP contribution in [-0.2, 0) is 34.7 Å². The number of aryl methyl sites for hydroxylation is 1. The number of para-hydroxylation sites is 3. The number of ether oxygens (including phenoxy) is 1. The topological polar surface area (TPSA) is 33.5 Å². The number of unbranched alkanes of at least 4 members (excludes halogenated alkanes) is 1. The van der Waals surface area contributed by atoms with E-state index in [1.54, 1.807) is 0 Å². The molecule has 1 aliphatic rings. The first-order valence-electron chi connectivity index (χ1n) is 26.5. The molecule has 6 aromatic carbocycles. The van der Waals surface area contributed by atoms with E-state index in [0.29, 0.717) is 25.3 Å². The summed E-state index contributed by atoms with van der Waals surface area (Å²) in [6.07, 6.45) is 4.37. The fourth-order valence-corrected chi connectivity index (χ4v) is 9.88. The summed E-state index contributed by atoms with van der Waals surface area (Å²) in [4.78, 5) is 9.81. The molecule has 2 aromatic heterocycles. The van der Waals surface area contributed by atoms with Gasteiger partial charge < -0.3 is 14.5 Å². The van der Waals surface area contributed by atoms with Gasteiger partial charge in [-0.2, -0.15) is 0 Å². The Kier molecular flexibility index (Phi) is 11.6. The molecule has 0 saturated heterocycles. The van der Waals surface area contributed by atoms with E-state index in [4.69, 9.17) is 13.8 Å². The van der Waals surface area contributed by atoms with Crippen molar-refractivity contribution in [2.75, 3.05) is 23.0 Å². The van der Waals surface area contributed by atoms with E-state index < -0.39 is 6.85 Å². The zero-order valence-corrected chi connectivity index (χ0v) is 43.2. The van der Waals surface area contributed by atoms with Gasteiger partial charge in [0.15, 0.2) is 0 Å². The number of rotatable bonds is 11. The van der Waals surface area contributed by atoms with Crippen molar-refractivity contribution in [2.24, 2.45) is 0 Å². The summed E-state index contributed by atoms with van der Waals surface area (Å²) in [6, 6.07) is 47.7. The second-order valence-electron chi connectivity index (χ2n) is 23.5. The molecule has 0 spiro atoms. The molecule has 0 aliphatic carbocycles. The van der Waals surface area contributed by atoms with Gasteiger partial charge in [-0.3, -0.25) is 4.57 Å². The molecular formula is C64H74N4O. The molecule has 9 rings (SSSR count). The van der Waals surface area contributed by atoms with Crippen LogP contribution < -0.4 is 14.5 Å². The minimum atomic E-state index is -2.22. The van der Waals surface area contributed by atoms with Crippen LogP contribution in [0.1, 0.15) is 139 Å². The largest absolute Gasteiger partial charge is 0.489 e. The summed E-state index contributed by atoms with van der Waals surface area (Å²) in [7, 11) is 0. The summed E-state index contributed by atoms with van der Waals surface area (Å²) >= 11 is 0. The predicted molar refractivity (Wildman–Crippen MR) is 294 cm³/mol. The predicted octanol–water partition coefficient (Wildman–Crippen LogP) is 16.9. The molecule has 0 atom stereocenters. The highest BCUT2D eigenvalue weighted by Gasteiger charge is 2.29. The van der Waals surface area contributed by atoms with Crippen molar-refractivity contribution in [3.63, 3.8) is 0 Å². The van der Waals surface area contributed by atoms with Crippen LogP contribution in [0.4, 0.5) is 17.1 Å². The standard InChI is InChI=1S/C64H74N4O/c1-43-21-20-24-53(45-35-48(63(8,9)10)37-49(36-45)64(11,12)13)52(43)22-18-19-32-66-42-67(58-27-17-16-26-57(58)66)50-34-44(33-47(38-50)62(5,6)7)41-69-51-28-29-55-54-23-14-15-25-56(54)68(59(55)40-51)60-39-46(30-31-65-60)61(2,3)4/h14-17,20-21,23-31,33-40H,18-19,22,32,41-42H2,1-13H3/i1D3. The van der Waals surface area contributed by atoms with Crippen LogP contribution >= 0.6 is 0 Å². The lowest BCUT2D eigenvalue weighted by atomic mass is 9.78. The quantitative estimate of drug-likeness (QED) is 0.121. The summed E-state index contributed by atoms with van der Waals surface area (Å²) < 4.78 is 34.9. The monoisotopic (exact) mass is 918 g/mol. The third-order valence-corrected chi connectivity index (χ3v) is 14.1. The van der Waals surface area contributed by atoms with Crippen LogP contribution in [0.25, 0.3) is 38.8 Å². The Morgan fingerprint density at radius 1 is 0.580 bits per heavy atom. The molecule has 0 saturated carbocycles. The van der Waals surface area contributed by atoms with Gasteiger partial charge in [0.1, 0.15) is 18.2 Å². The second-order valence-corrected chi connectivity index (χ2v) is 23.5. The number of benzene rings is 6. The van der Waals surface area contributed by atoms with Crippen molar-refractivity contribution in [2.45, 2.75) is 137 Å². The zero-order valence-electron chi connectivity index (χ0n) is 46.2. The summed E-state index contributed by atoms with van der Waals surface area (Å²) in [5, 5.41) is 2.35. The zero-order chi connectivity index (χ0) is 51.5. The van der Waals surface area contributed by atoms with E-state index in [1.807, 2.05) is 18.3 Å². The first-order chi connectivity index (χ1) is 33.8. The molecule has 8 aromatic rings. The van der Waals surface area contributed by atoms with Gasteiger partial charge in [-0.15, -0.1) is 0 Å². The number of anilines is 3. The maximum absolute atomic E-state index is 8.61. The first-order valence-corrected chi connectivity index (χ1v) is 25.0. The molecular weight excluding hydrogens is 841 g/mol. The number of fused-ring (bicyclic) bond motifs is 4. The smallest absolute Gasteiger partial charge is 0.137 e. The molecule has 69 heavy (non-hydrogen) atoms. The summed E-state index contributed by atoms with van der Waals surface area (Å²) in [5.41, 5.74) is 15.1. The molecule has 0 bridgehead atoms. The Labute approximate surface area is 417 Å². The number of hydrogen-bond acceptors (Lipinski definition) is 4. The fourth-order valence-electron chi connectivity index (χ4n) is 9.88. The average Bonchev–Trinajstić information content (AvgIpc) is 3.86. The van der Waals surface area contributed by atoms with Crippen LogP contribution in [0.3, 0.4) is 0 Å². The van der Waals surface area contributed by atoms with Gasteiger partial charge in [0, 0.05) is 39.4 Å². The van der Waals surface area contributed by atoms with Crippen molar-refractivity contribution in [1.29, 1.82) is 0 Å². The highest BCUT2D eigenvalue weighted by molar-refractivity contribution is 6.09. The molecule has 0 N–H and O–H groups in total. The van der Waals surface area contributed by atoms with Crippen molar-refractivity contribution in [3.8, 4) is 22.7 Å². The van der Waals surface area contributed by atoms with Gasteiger partial charge in [-0.25, -0.2) is 4.98 Å². The minimum Gasteiger partial charge on any atom is -0.489 e. The van der Waals surface area contributed by atoms with Gasteiger partial charge in [0.25, 0.3) is 0 Å². The molecule has 3 heterocycles. The Bertz CT molecular complexity index is 3250. The Morgan fingerprint density at radius 3 is 1.96 bits per heavy atom. The Morgan fingerprint density at radius 2 is 1.25 bits per heavy atom. The normalized spacial score (nSPS) is 14.3. The first kappa shape index (κ1) is 43.9. The van der Waals surface area contributed by atoms with E-state index in [9.17, 15) is 0 Å². The Balaban J connectivity index is 0.969. The van der Waals surface area contributed by atoms with Gasteiger partial charge in [0.05, 0.1) is 29.1 Å². The van der Waals surface area contributed by atoms with Gasteiger partial charge in [0.2, 0.25) is 0 Å².